The normalized spacial score (nSPS) is 10.8. The molecular formula is C44H50O10. The first-order valence-corrected chi connectivity index (χ1v) is 18.3. The van der Waals surface area contributed by atoms with Gasteiger partial charge in [-0.2, -0.15) is 0 Å². The van der Waals surface area contributed by atoms with E-state index in [2.05, 4.69) is 0 Å². The van der Waals surface area contributed by atoms with Crippen molar-refractivity contribution in [3.8, 4) is 34.5 Å². The number of rotatable bonds is 28. The minimum Gasteiger partial charge on any atom is -0.491 e. The summed E-state index contributed by atoms with van der Waals surface area (Å²) in [7, 11) is 0. The summed E-state index contributed by atoms with van der Waals surface area (Å²) in [6, 6.07) is 42.8. The van der Waals surface area contributed by atoms with Crippen molar-refractivity contribution >= 4 is 0 Å². The van der Waals surface area contributed by atoms with Crippen LogP contribution in [0.3, 0.4) is 0 Å². The van der Waals surface area contributed by atoms with Crippen LogP contribution in [0.2, 0.25) is 0 Å². The van der Waals surface area contributed by atoms with Gasteiger partial charge in [0.25, 0.3) is 0 Å². The van der Waals surface area contributed by atoms with Crippen LogP contribution in [0.15, 0.2) is 133 Å². The highest BCUT2D eigenvalue weighted by Gasteiger charge is 2.02. The lowest BCUT2D eigenvalue weighted by molar-refractivity contribution is 0.0267. The van der Waals surface area contributed by atoms with Crippen LogP contribution >= 0.6 is 0 Å². The highest BCUT2D eigenvalue weighted by molar-refractivity contribution is 5.34. The number of ether oxygens (including phenoxy) is 10. The summed E-state index contributed by atoms with van der Waals surface area (Å²) in [4.78, 5) is 0. The lowest BCUT2D eigenvalue weighted by Crippen LogP contribution is -2.14. The molecule has 0 spiro atoms. The summed E-state index contributed by atoms with van der Waals surface area (Å²) in [5.74, 6) is 4.56. The molecule has 0 aliphatic rings. The van der Waals surface area contributed by atoms with E-state index in [-0.39, 0.29) is 0 Å². The van der Waals surface area contributed by atoms with Gasteiger partial charge in [0, 0.05) is 6.07 Å². The molecule has 0 heterocycles. The Morgan fingerprint density at radius 2 is 0.537 bits per heavy atom. The van der Waals surface area contributed by atoms with Gasteiger partial charge in [0.15, 0.2) is 0 Å². The van der Waals surface area contributed by atoms with Gasteiger partial charge in [0.1, 0.15) is 74.1 Å². The van der Waals surface area contributed by atoms with Crippen molar-refractivity contribution in [2.45, 2.75) is 13.2 Å². The van der Waals surface area contributed by atoms with Crippen LogP contribution in [0.25, 0.3) is 0 Å². The van der Waals surface area contributed by atoms with Gasteiger partial charge in [0.05, 0.1) is 52.9 Å². The summed E-state index contributed by atoms with van der Waals surface area (Å²) in [6.07, 6.45) is 0. The summed E-state index contributed by atoms with van der Waals surface area (Å²) in [5, 5.41) is 0. The minimum atomic E-state index is 0.419. The van der Waals surface area contributed by atoms with Gasteiger partial charge in [-0.15, -0.1) is 0 Å². The molecule has 0 aromatic heterocycles. The Morgan fingerprint density at radius 1 is 0.241 bits per heavy atom. The minimum absolute atomic E-state index is 0.419. The van der Waals surface area contributed by atoms with Gasteiger partial charge in [-0.05, 0) is 71.8 Å². The molecule has 0 amide bonds. The third kappa shape index (κ3) is 16.6. The van der Waals surface area contributed by atoms with E-state index in [1.807, 2.05) is 133 Å². The lowest BCUT2D eigenvalue weighted by atomic mass is 10.2. The van der Waals surface area contributed by atoms with Gasteiger partial charge in [-0.25, -0.2) is 0 Å². The Hall–Kier alpha value is -5.26. The molecule has 0 radical (unpaired) electrons. The lowest BCUT2D eigenvalue weighted by Gasteiger charge is -2.11. The maximum Gasteiger partial charge on any atom is 0.123 e. The zero-order valence-corrected chi connectivity index (χ0v) is 30.7. The zero-order chi connectivity index (χ0) is 37.1. The summed E-state index contributed by atoms with van der Waals surface area (Å²) >= 11 is 0. The van der Waals surface area contributed by atoms with Crippen molar-refractivity contribution in [3.05, 3.63) is 145 Å². The van der Waals surface area contributed by atoms with Crippen molar-refractivity contribution < 1.29 is 47.4 Å². The van der Waals surface area contributed by atoms with E-state index in [4.69, 9.17) is 47.4 Å². The van der Waals surface area contributed by atoms with Crippen molar-refractivity contribution in [1.82, 2.24) is 0 Å². The van der Waals surface area contributed by atoms with Gasteiger partial charge in [-0.1, -0.05) is 66.7 Å². The molecule has 0 saturated carbocycles. The number of benzene rings is 5. The van der Waals surface area contributed by atoms with E-state index in [1.54, 1.807) is 0 Å². The number of hydrogen-bond donors (Lipinski definition) is 0. The molecule has 10 nitrogen and oxygen atoms in total. The van der Waals surface area contributed by atoms with Crippen molar-refractivity contribution in [2.75, 3.05) is 79.3 Å². The van der Waals surface area contributed by atoms with Crippen molar-refractivity contribution in [1.29, 1.82) is 0 Å². The molecule has 10 heteroatoms. The molecule has 286 valence electrons. The fraction of sp³-hybridized carbons (Fsp3) is 0.318. The van der Waals surface area contributed by atoms with Gasteiger partial charge < -0.3 is 47.4 Å². The largest absolute Gasteiger partial charge is 0.491 e. The smallest absolute Gasteiger partial charge is 0.123 e. The molecule has 0 saturated heterocycles. The van der Waals surface area contributed by atoms with Gasteiger partial charge >= 0.3 is 0 Å². The molecule has 0 N–H and O–H groups in total. The maximum atomic E-state index is 5.81. The molecule has 0 bridgehead atoms. The highest BCUT2D eigenvalue weighted by atomic mass is 16.6. The third-order valence-electron chi connectivity index (χ3n) is 7.68. The molecule has 5 rings (SSSR count). The van der Waals surface area contributed by atoms with Crippen LogP contribution in [0.4, 0.5) is 0 Å². The fourth-order valence-corrected chi connectivity index (χ4v) is 4.92. The van der Waals surface area contributed by atoms with E-state index >= 15 is 0 Å². The van der Waals surface area contributed by atoms with Crippen LogP contribution in [0, 0.1) is 0 Å². The molecule has 54 heavy (non-hydrogen) atoms. The van der Waals surface area contributed by atoms with E-state index in [1.165, 1.54) is 0 Å². The second-order valence-corrected chi connectivity index (χ2v) is 11.8. The second kappa shape index (κ2) is 24.9. The van der Waals surface area contributed by atoms with Crippen LogP contribution in [-0.4, -0.2) is 79.3 Å². The SMILES string of the molecule is c1ccc(COc2ccc(OCCOCCOCCOc3cccc(OCCOCCOCCOc4ccc(OCc5ccccc5)cc4)c3)cc2)cc1. The van der Waals surface area contributed by atoms with Crippen LogP contribution < -0.4 is 28.4 Å². The van der Waals surface area contributed by atoms with Crippen LogP contribution in [0.5, 0.6) is 34.5 Å². The Labute approximate surface area is 318 Å². The summed E-state index contributed by atoms with van der Waals surface area (Å²) in [5.41, 5.74) is 2.26. The standard InChI is InChI=1S/C44H50O10/c1-3-8-37(9-4-1)35-53-41-18-14-39(15-19-41)49-30-26-45-22-24-47-28-32-51-43-12-7-13-44(34-43)52-33-29-48-25-23-46-27-31-50-40-16-20-42(21-17-40)54-36-38-10-5-2-6-11-38/h1-21,34H,22-33,35-36H2. The molecule has 5 aromatic carbocycles. The van der Waals surface area contributed by atoms with E-state index in [0.717, 1.165) is 34.1 Å². The highest BCUT2D eigenvalue weighted by Crippen LogP contribution is 2.21. The molecule has 0 fully saturated rings. The molecule has 0 aliphatic carbocycles. The van der Waals surface area contributed by atoms with E-state index in [9.17, 15) is 0 Å². The molecule has 0 atom stereocenters. The first-order valence-electron chi connectivity index (χ1n) is 18.3. The van der Waals surface area contributed by atoms with Gasteiger partial charge in [0.2, 0.25) is 0 Å². The Morgan fingerprint density at radius 3 is 0.889 bits per heavy atom. The fourth-order valence-electron chi connectivity index (χ4n) is 4.92. The topological polar surface area (TPSA) is 92.3 Å². The molecular weight excluding hydrogens is 688 g/mol. The van der Waals surface area contributed by atoms with E-state index < -0.39 is 0 Å². The van der Waals surface area contributed by atoms with E-state index in [0.29, 0.717) is 104 Å². The average molecular weight is 739 g/mol. The van der Waals surface area contributed by atoms with Crippen molar-refractivity contribution in [3.63, 3.8) is 0 Å². The average Bonchev–Trinajstić information content (AvgIpc) is 3.22. The Kier molecular flexibility index (Phi) is 18.4. The predicted molar refractivity (Wildman–Crippen MR) is 206 cm³/mol. The molecule has 0 unspecified atom stereocenters. The number of hydrogen-bond acceptors (Lipinski definition) is 10. The quantitative estimate of drug-likeness (QED) is 0.0473. The maximum absolute atomic E-state index is 5.81. The summed E-state index contributed by atoms with van der Waals surface area (Å²) < 4.78 is 57.2. The Bertz CT molecular complexity index is 1550. The van der Waals surface area contributed by atoms with Crippen LogP contribution in [-0.2, 0) is 32.2 Å². The van der Waals surface area contributed by atoms with Crippen molar-refractivity contribution in [2.24, 2.45) is 0 Å². The van der Waals surface area contributed by atoms with Crippen LogP contribution in [0.1, 0.15) is 11.1 Å². The predicted octanol–water partition coefficient (Wildman–Crippen LogP) is 7.83. The third-order valence-corrected chi connectivity index (χ3v) is 7.68. The zero-order valence-electron chi connectivity index (χ0n) is 30.7. The first kappa shape index (κ1) is 39.9. The van der Waals surface area contributed by atoms with Gasteiger partial charge in [-0.3, -0.25) is 0 Å². The Balaban J connectivity index is 0.787. The monoisotopic (exact) mass is 738 g/mol. The second-order valence-electron chi connectivity index (χ2n) is 11.8. The molecule has 0 aliphatic heterocycles. The molecule has 5 aromatic rings. The summed E-state index contributed by atoms with van der Waals surface area (Å²) in [6.45, 7) is 6.53. The first-order chi connectivity index (χ1) is 26.8.